The molecule has 140 valence electrons. The van der Waals surface area contributed by atoms with Gasteiger partial charge in [0.1, 0.15) is 5.75 Å². The zero-order valence-corrected chi connectivity index (χ0v) is 15.1. The minimum atomic E-state index is -0.587. The van der Waals surface area contributed by atoms with Gasteiger partial charge in [-0.1, -0.05) is 18.2 Å². The fraction of sp³-hybridized carbons (Fsp3) is 0.632. The van der Waals surface area contributed by atoms with Crippen molar-refractivity contribution in [2.45, 2.75) is 32.5 Å². The van der Waals surface area contributed by atoms with Crippen molar-refractivity contribution in [3.05, 3.63) is 29.8 Å². The lowest BCUT2D eigenvalue weighted by Gasteiger charge is -2.32. The van der Waals surface area contributed by atoms with Gasteiger partial charge < -0.3 is 19.3 Å². The molecule has 1 aromatic carbocycles. The van der Waals surface area contributed by atoms with E-state index in [1.807, 2.05) is 31.2 Å². The van der Waals surface area contributed by atoms with Crippen LogP contribution in [0.25, 0.3) is 0 Å². The van der Waals surface area contributed by atoms with Gasteiger partial charge in [-0.05, 0) is 32.4 Å². The molecule has 0 aromatic heterocycles. The molecule has 1 aliphatic heterocycles. The SMILES string of the molecule is CCOC(=O)[C@@H]1CCCN(C[C@@H](O)COCc2ccccc2OC)C1. The van der Waals surface area contributed by atoms with E-state index in [9.17, 15) is 9.90 Å². The zero-order chi connectivity index (χ0) is 18.1. The molecule has 0 aliphatic carbocycles. The highest BCUT2D eigenvalue weighted by molar-refractivity contribution is 5.72. The first-order valence-corrected chi connectivity index (χ1v) is 8.90. The van der Waals surface area contributed by atoms with Crippen LogP contribution in [0.4, 0.5) is 0 Å². The number of hydrogen-bond donors (Lipinski definition) is 1. The van der Waals surface area contributed by atoms with E-state index in [2.05, 4.69) is 4.90 Å². The van der Waals surface area contributed by atoms with E-state index in [1.165, 1.54) is 0 Å². The fourth-order valence-corrected chi connectivity index (χ4v) is 3.15. The number of esters is 1. The number of likely N-dealkylation sites (tertiary alicyclic amines) is 1. The van der Waals surface area contributed by atoms with Crippen LogP contribution in [0, 0.1) is 5.92 Å². The van der Waals surface area contributed by atoms with Crippen molar-refractivity contribution < 1.29 is 24.1 Å². The van der Waals surface area contributed by atoms with Gasteiger partial charge in [0.25, 0.3) is 0 Å². The van der Waals surface area contributed by atoms with Crippen LogP contribution >= 0.6 is 0 Å². The highest BCUT2D eigenvalue weighted by Crippen LogP contribution is 2.19. The van der Waals surface area contributed by atoms with E-state index in [0.717, 1.165) is 30.7 Å². The molecule has 6 nitrogen and oxygen atoms in total. The number of methoxy groups -OCH3 is 1. The van der Waals surface area contributed by atoms with Gasteiger partial charge in [-0.25, -0.2) is 0 Å². The Hall–Kier alpha value is -1.63. The molecule has 1 saturated heterocycles. The second kappa shape index (κ2) is 10.4. The third-order valence-electron chi connectivity index (χ3n) is 4.35. The van der Waals surface area contributed by atoms with Crippen molar-refractivity contribution in [3.63, 3.8) is 0 Å². The lowest BCUT2D eigenvalue weighted by molar-refractivity contribution is -0.150. The Morgan fingerprint density at radius 2 is 2.20 bits per heavy atom. The second-order valence-corrected chi connectivity index (χ2v) is 6.33. The van der Waals surface area contributed by atoms with Crippen LogP contribution in [-0.2, 0) is 20.9 Å². The third-order valence-corrected chi connectivity index (χ3v) is 4.35. The first-order chi connectivity index (χ1) is 12.1. The third kappa shape index (κ3) is 6.30. The number of aliphatic hydroxyl groups excluding tert-OH is 1. The Labute approximate surface area is 149 Å². The molecule has 0 saturated carbocycles. The molecule has 0 unspecified atom stereocenters. The maximum absolute atomic E-state index is 11.9. The lowest BCUT2D eigenvalue weighted by Crippen LogP contribution is -2.43. The minimum absolute atomic E-state index is 0.0876. The Balaban J connectivity index is 1.72. The number of benzene rings is 1. The number of hydrogen-bond acceptors (Lipinski definition) is 6. The summed E-state index contributed by atoms with van der Waals surface area (Å²) in [6, 6.07) is 7.67. The van der Waals surface area contributed by atoms with Crippen molar-refractivity contribution in [2.24, 2.45) is 5.92 Å². The summed E-state index contributed by atoms with van der Waals surface area (Å²) in [6.45, 7) is 4.91. The Kier molecular flexibility index (Phi) is 8.18. The van der Waals surface area contributed by atoms with Crippen molar-refractivity contribution >= 4 is 5.97 Å². The normalized spacial score (nSPS) is 19.4. The smallest absolute Gasteiger partial charge is 0.310 e. The van der Waals surface area contributed by atoms with E-state index < -0.39 is 6.10 Å². The molecular formula is C19H29NO5. The molecule has 1 heterocycles. The number of carbonyl (C=O) groups is 1. The van der Waals surface area contributed by atoms with Gasteiger partial charge >= 0.3 is 5.97 Å². The molecule has 2 rings (SSSR count). The maximum Gasteiger partial charge on any atom is 0.310 e. The number of piperidine rings is 1. The van der Waals surface area contributed by atoms with Crippen LogP contribution in [0.2, 0.25) is 0 Å². The summed E-state index contributed by atoms with van der Waals surface area (Å²) >= 11 is 0. The van der Waals surface area contributed by atoms with Gasteiger partial charge in [0.2, 0.25) is 0 Å². The Morgan fingerprint density at radius 3 is 2.96 bits per heavy atom. The molecule has 1 aromatic rings. The number of para-hydroxylation sites is 1. The minimum Gasteiger partial charge on any atom is -0.496 e. The molecule has 0 bridgehead atoms. The summed E-state index contributed by atoms with van der Waals surface area (Å²) in [6.07, 6.45) is 1.21. The Bertz CT molecular complexity index is 536. The number of aliphatic hydroxyl groups is 1. The van der Waals surface area contributed by atoms with Crippen molar-refractivity contribution in [2.75, 3.05) is 40.0 Å². The van der Waals surface area contributed by atoms with Crippen LogP contribution in [0.15, 0.2) is 24.3 Å². The summed E-state index contributed by atoms with van der Waals surface area (Å²) in [4.78, 5) is 14.0. The fourth-order valence-electron chi connectivity index (χ4n) is 3.15. The monoisotopic (exact) mass is 351 g/mol. The average molecular weight is 351 g/mol. The molecule has 1 fully saturated rings. The standard InChI is InChI=1S/C19H29NO5/c1-3-25-19(22)15-8-6-10-20(11-15)12-17(21)14-24-13-16-7-4-5-9-18(16)23-2/h4-5,7,9,15,17,21H,3,6,8,10-14H2,1-2H3/t15-,17-/m1/s1. The summed E-state index contributed by atoms with van der Waals surface area (Å²) in [5.41, 5.74) is 0.956. The molecular weight excluding hydrogens is 322 g/mol. The van der Waals surface area contributed by atoms with Gasteiger partial charge in [-0.15, -0.1) is 0 Å². The van der Waals surface area contributed by atoms with Gasteiger partial charge in [0.15, 0.2) is 0 Å². The largest absolute Gasteiger partial charge is 0.496 e. The predicted molar refractivity (Wildman–Crippen MR) is 94.5 cm³/mol. The van der Waals surface area contributed by atoms with Crippen molar-refractivity contribution in [3.8, 4) is 5.75 Å². The van der Waals surface area contributed by atoms with E-state index in [-0.39, 0.29) is 18.5 Å². The first kappa shape index (κ1) is 19.7. The summed E-state index contributed by atoms with van der Waals surface area (Å²) in [7, 11) is 1.63. The Morgan fingerprint density at radius 1 is 1.40 bits per heavy atom. The molecule has 25 heavy (non-hydrogen) atoms. The van der Waals surface area contributed by atoms with Gasteiger partial charge in [-0.2, -0.15) is 0 Å². The van der Waals surface area contributed by atoms with E-state index in [1.54, 1.807) is 7.11 Å². The molecule has 0 spiro atoms. The molecule has 1 aliphatic rings. The second-order valence-electron chi connectivity index (χ2n) is 6.33. The molecule has 1 N–H and O–H groups in total. The maximum atomic E-state index is 11.9. The highest BCUT2D eigenvalue weighted by atomic mass is 16.5. The first-order valence-electron chi connectivity index (χ1n) is 8.90. The number of nitrogens with zero attached hydrogens (tertiary/aromatic N) is 1. The molecule has 6 heteroatoms. The molecule has 2 atom stereocenters. The molecule has 0 amide bonds. The van der Waals surface area contributed by atoms with Crippen LogP contribution in [0.5, 0.6) is 5.75 Å². The zero-order valence-electron chi connectivity index (χ0n) is 15.1. The van der Waals surface area contributed by atoms with Gasteiger partial charge in [0, 0.05) is 18.7 Å². The van der Waals surface area contributed by atoms with Crippen LogP contribution < -0.4 is 4.74 Å². The van der Waals surface area contributed by atoms with Gasteiger partial charge in [-0.3, -0.25) is 9.69 Å². The summed E-state index contributed by atoms with van der Waals surface area (Å²) in [5, 5.41) is 10.2. The van der Waals surface area contributed by atoms with E-state index >= 15 is 0 Å². The number of rotatable bonds is 9. The highest BCUT2D eigenvalue weighted by Gasteiger charge is 2.27. The summed E-state index contributed by atoms with van der Waals surface area (Å²) < 4.78 is 16.0. The van der Waals surface area contributed by atoms with Crippen LogP contribution in [0.3, 0.4) is 0 Å². The quantitative estimate of drug-likeness (QED) is 0.685. The number of ether oxygens (including phenoxy) is 3. The van der Waals surface area contributed by atoms with Crippen LogP contribution in [-0.4, -0.2) is 62.0 Å². The summed E-state index contributed by atoms with van der Waals surface area (Å²) in [5.74, 6) is 0.565. The van der Waals surface area contributed by atoms with Gasteiger partial charge in [0.05, 0.1) is 39.0 Å². The van der Waals surface area contributed by atoms with Crippen LogP contribution in [0.1, 0.15) is 25.3 Å². The number of carbonyl (C=O) groups excluding carboxylic acids is 1. The van der Waals surface area contributed by atoms with Crippen molar-refractivity contribution in [1.82, 2.24) is 4.90 Å². The van der Waals surface area contributed by atoms with E-state index in [4.69, 9.17) is 14.2 Å². The lowest BCUT2D eigenvalue weighted by atomic mass is 9.98. The average Bonchev–Trinajstić information content (AvgIpc) is 2.62. The predicted octanol–water partition coefficient (Wildman–Crippen LogP) is 1.85. The van der Waals surface area contributed by atoms with E-state index in [0.29, 0.717) is 26.3 Å². The van der Waals surface area contributed by atoms with Crippen molar-refractivity contribution in [1.29, 1.82) is 0 Å². The number of β-amino-alcohol motifs (C(OH)–C–C–N with tert-alkyl or cyclic N) is 1. The molecule has 0 radical (unpaired) electrons. The topological polar surface area (TPSA) is 68.2 Å².